The Morgan fingerprint density at radius 2 is 1.93 bits per heavy atom. The summed E-state index contributed by atoms with van der Waals surface area (Å²) in [6.07, 6.45) is 5.15. The molecule has 1 aliphatic heterocycles. The Kier molecular flexibility index (Phi) is 7.64. The fraction of sp³-hybridized carbons (Fsp3) is 0.391. The minimum atomic E-state index is -0.143. The molecule has 1 fully saturated rings. The van der Waals surface area contributed by atoms with Gasteiger partial charge in [-0.15, -0.1) is 0 Å². The maximum absolute atomic E-state index is 12.2. The molecule has 1 amide bonds. The van der Waals surface area contributed by atoms with E-state index in [1.165, 1.54) is 6.08 Å². The van der Waals surface area contributed by atoms with Crippen LogP contribution in [-0.2, 0) is 11.3 Å². The van der Waals surface area contributed by atoms with Crippen LogP contribution in [-0.4, -0.2) is 55.1 Å². The molecular weight excluding hydrogens is 364 g/mol. The van der Waals surface area contributed by atoms with Crippen LogP contribution in [0.5, 0.6) is 5.75 Å². The van der Waals surface area contributed by atoms with Crippen molar-refractivity contribution in [3.05, 3.63) is 59.8 Å². The number of hydrogen-bond acceptors (Lipinski definition) is 5. The Hall–Kier alpha value is -2.86. The van der Waals surface area contributed by atoms with Gasteiger partial charge in [0.15, 0.2) is 0 Å². The summed E-state index contributed by atoms with van der Waals surface area (Å²) in [6, 6.07) is 11.7. The van der Waals surface area contributed by atoms with E-state index in [0.29, 0.717) is 13.2 Å². The summed E-state index contributed by atoms with van der Waals surface area (Å²) >= 11 is 0. The largest absolute Gasteiger partial charge is 0.493 e. The minimum Gasteiger partial charge on any atom is -0.493 e. The topological polar surface area (TPSA) is 57.7 Å². The molecule has 2 heterocycles. The van der Waals surface area contributed by atoms with Gasteiger partial charge in [0.25, 0.3) is 0 Å². The normalized spacial score (nSPS) is 14.9. The number of hydrogen-bond donors (Lipinski definition) is 1. The van der Waals surface area contributed by atoms with Crippen molar-refractivity contribution < 1.29 is 9.53 Å². The molecule has 3 rings (SSSR count). The molecule has 0 bridgehead atoms. The molecule has 0 radical (unpaired) electrons. The van der Waals surface area contributed by atoms with Crippen molar-refractivity contribution in [1.29, 1.82) is 0 Å². The molecule has 0 saturated carbocycles. The Bertz CT molecular complexity index is 812. The van der Waals surface area contributed by atoms with E-state index in [9.17, 15) is 4.79 Å². The van der Waals surface area contributed by atoms with Gasteiger partial charge in [0.05, 0.1) is 6.61 Å². The van der Waals surface area contributed by atoms with E-state index < -0.39 is 0 Å². The summed E-state index contributed by atoms with van der Waals surface area (Å²) in [5.74, 6) is 1.64. The van der Waals surface area contributed by atoms with Gasteiger partial charge in [-0.2, -0.15) is 0 Å². The number of para-hydroxylation sites is 1. The molecule has 1 aromatic carbocycles. The van der Waals surface area contributed by atoms with Gasteiger partial charge in [-0.05, 0) is 37.2 Å². The van der Waals surface area contributed by atoms with Crippen LogP contribution in [0.2, 0.25) is 0 Å². The van der Waals surface area contributed by atoms with Crippen molar-refractivity contribution in [3.8, 4) is 5.75 Å². The van der Waals surface area contributed by atoms with Gasteiger partial charge in [0.2, 0.25) is 5.91 Å². The summed E-state index contributed by atoms with van der Waals surface area (Å²) < 4.78 is 5.57. The lowest BCUT2D eigenvalue weighted by Gasteiger charge is -2.34. The highest BCUT2D eigenvalue weighted by atomic mass is 16.5. The van der Waals surface area contributed by atoms with Gasteiger partial charge in [-0.1, -0.05) is 31.2 Å². The number of ether oxygens (including phenoxy) is 1. The second-order valence-electron chi connectivity index (χ2n) is 6.97. The quantitative estimate of drug-likeness (QED) is 0.698. The molecule has 6 nitrogen and oxygen atoms in total. The predicted octanol–water partition coefficient (Wildman–Crippen LogP) is 2.95. The number of likely N-dealkylation sites (N-methyl/N-ethyl adjacent to an activating group) is 1. The fourth-order valence-corrected chi connectivity index (χ4v) is 3.32. The number of carbonyl (C=O) groups excluding carboxylic acids is 1. The number of amides is 1. The van der Waals surface area contributed by atoms with Crippen molar-refractivity contribution in [2.45, 2.75) is 20.4 Å². The first-order valence-electron chi connectivity index (χ1n) is 10.3. The summed E-state index contributed by atoms with van der Waals surface area (Å²) in [5.41, 5.74) is 1.87. The van der Waals surface area contributed by atoms with Gasteiger partial charge in [0, 0.05) is 50.6 Å². The molecule has 0 spiro atoms. The average Bonchev–Trinajstić information content (AvgIpc) is 2.78. The highest BCUT2D eigenvalue weighted by Crippen LogP contribution is 2.19. The van der Waals surface area contributed by atoms with E-state index in [2.05, 4.69) is 27.0 Å². The van der Waals surface area contributed by atoms with Crippen molar-refractivity contribution in [1.82, 2.24) is 15.2 Å². The smallest absolute Gasteiger partial charge is 0.244 e. The van der Waals surface area contributed by atoms with E-state index in [1.807, 2.05) is 49.5 Å². The molecule has 0 atom stereocenters. The molecule has 6 heteroatoms. The number of nitrogens with zero attached hydrogens (tertiary/aromatic N) is 3. The molecule has 0 aliphatic carbocycles. The van der Waals surface area contributed by atoms with E-state index in [4.69, 9.17) is 4.74 Å². The molecule has 1 aliphatic rings. The van der Waals surface area contributed by atoms with Gasteiger partial charge < -0.3 is 19.9 Å². The Balaban J connectivity index is 1.49. The number of benzene rings is 1. The third-order valence-corrected chi connectivity index (χ3v) is 5.05. The molecule has 1 N–H and O–H groups in total. The van der Waals surface area contributed by atoms with Gasteiger partial charge in [-0.3, -0.25) is 4.79 Å². The lowest BCUT2D eigenvalue weighted by atomic mass is 10.2. The number of pyridine rings is 1. The SMILES string of the molecule is CCOc1ccccc1C=CC(=O)NCc1ccc(N2CCN(CC)CC2)nc1. The first-order valence-corrected chi connectivity index (χ1v) is 10.3. The van der Waals surface area contributed by atoms with Crippen molar-refractivity contribution in [3.63, 3.8) is 0 Å². The highest BCUT2D eigenvalue weighted by molar-refractivity contribution is 5.92. The Morgan fingerprint density at radius 3 is 2.62 bits per heavy atom. The van der Waals surface area contributed by atoms with Crippen LogP contribution in [0, 0.1) is 0 Å². The maximum atomic E-state index is 12.2. The molecule has 154 valence electrons. The maximum Gasteiger partial charge on any atom is 0.244 e. The molecular formula is C23H30N4O2. The van der Waals surface area contributed by atoms with Crippen LogP contribution >= 0.6 is 0 Å². The first kappa shape index (κ1) is 20.9. The molecule has 0 unspecified atom stereocenters. The van der Waals surface area contributed by atoms with Crippen LogP contribution in [0.15, 0.2) is 48.7 Å². The summed E-state index contributed by atoms with van der Waals surface area (Å²) in [5, 5.41) is 2.91. The average molecular weight is 395 g/mol. The third-order valence-electron chi connectivity index (χ3n) is 5.05. The van der Waals surface area contributed by atoms with Crippen molar-refractivity contribution >= 4 is 17.8 Å². The number of aromatic nitrogens is 1. The Morgan fingerprint density at radius 1 is 1.14 bits per heavy atom. The number of rotatable bonds is 8. The van der Waals surface area contributed by atoms with E-state index in [1.54, 1.807) is 6.08 Å². The van der Waals surface area contributed by atoms with Crippen LogP contribution in [0.1, 0.15) is 25.0 Å². The van der Waals surface area contributed by atoms with Crippen LogP contribution in [0.25, 0.3) is 6.08 Å². The van der Waals surface area contributed by atoms with Crippen molar-refractivity contribution in [2.75, 3.05) is 44.2 Å². The predicted molar refractivity (Wildman–Crippen MR) is 117 cm³/mol. The molecule has 1 aromatic heterocycles. The lowest BCUT2D eigenvalue weighted by Crippen LogP contribution is -2.46. The van der Waals surface area contributed by atoms with E-state index >= 15 is 0 Å². The van der Waals surface area contributed by atoms with Gasteiger partial charge >= 0.3 is 0 Å². The highest BCUT2D eigenvalue weighted by Gasteiger charge is 2.16. The number of nitrogens with one attached hydrogen (secondary N) is 1. The van der Waals surface area contributed by atoms with E-state index in [-0.39, 0.29) is 5.91 Å². The monoisotopic (exact) mass is 394 g/mol. The second kappa shape index (κ2) is 10.6. The van der Waals surface area contributed by atoms with Gasteiger partial charge in [0.1, 0.15) is 11.6 Å². The van der Waals surface area contributed by atoms with Crippen LogP contribution in [0.4, 0.5) is 5.82 Å². The molecule has 29 heavy (non-hydrogen) atoms. The first-order chi connectivity index (χ1) is 14.2. The zero-order valence-electron chi connectivity index (χ0n) is 17.3. The zero-order chi connectivity index (χ0) is 20.5. The summed E-state index contributed by atoms with van der Waals surface area (Å²) in [7, 11) is 0. The summed E-state index contributed by atoms with van der Waals surface area (Å²) in [6.45, 7) is 10.5. The summed E-state index contributed by atoms with van der Waals surface area (Å²) in [4.78, 5) is 21.5. The van der Waals surface area contributed by atoms with Crippen LogP contribution < -0.4 is 15.0 Å². The van der Waals surface area contributed by atoms with Crippen molar-refractivity contribution in [2.24, 2.45) is 0 Å². The molecule has 2 aromatic rings. The Labute approximate surface area is 173 Å². The number of anilines is 1. The number of carbonyl (C=O) groups is 1. The number of piperazine rings is 1. The van der Waals surface area contributed by atoms with E-state index in [0.717, 1.165) is 55.4 Å². The fourth-order valence-electron chi connectivity index (χ4n) is 3.32. The standard InChI is InChI=1S/C23H30N4O2/c1-3-26-13-15-27(16-14-26)22-11-9-19(17-24-22)18-25-23(28)12-10-20-7-5-6-8-21(20)29-4-2/h5-12,17H,3-4,13-16,18H2,1-2H3,(H,25,28). The minimum absolute atomic E-state index is 0.143. The van der Waals surface area contributed by atoms with Crippen LogP contribution in [0.3, 0.4) is 0 Å². The lowest BCUT2D eigenvalue weighted by molar-refractivity contribution is -0.116. The molecule has 1 saturated heterocycles. The zero-order valence-corrected chi connectivity index (χ0v) is 17.3. The second-order valence-corrected chi connectivity index (χ2v) is 6.97. The third kappa shape index (κ3) is 6.06. The van der Waals surface area contributed by atoms with Gasteiger partial charge in [-0.25, -0.2) is 4.98 Å².